The van der Waals surface area contributed by atoms with E-state index in [1.54, 1.807) is 0 Å². The van der Waals surface area contributed by atoms with Gasteiger partial charge in [0, 0.05) is 19.1 Å². The Morgan fingerprint density at radius 2 is 1.81 bits per heavy atom. The van der Waals surface area contributed by atoms with E-state index in [0.29, 0.717) is 13.2 Å². The molecule has 0 aromatic heterocycles. The number of carbonyl (C=O) groups is 1. The molecule has 2 N–H and O–H groups in total. The predicted octanol–water partition coefficient (Wildman–Crippen LogP) is -1.53. The van der Waals surface area contributed by atoms with Crippen LogP contribution >= 0.6 is 0 Å². The minimum atomic E-state index is -1.10. The molecule has 0 radical (unpaired) electrons. The van der Waals surface area contributed by atoms with Gasteiger partial charge in [0.05, 0.1) is 12.7 Å². The van der Waals surface area contributed by atoms with E-state index in [1.807, 2.05) is 42.5 Å². The fraction of sp³-hybridized carbons (Fsp3) is 0.350. The third-order valence-corrected chi connectivity index (χ3v) is 3.83. The van der Waals surface area contributed by atoms with Gasteiger partial charge in [0.15, 0.2) is 0 Å². The molecule has 134 valence electrons. The van der Waals surface area contributed by atoms with E-state index in [1.165, 1.54) is 5.56 Å². The van der Waals surface area contributed by atoms with Gasteiger partial charge in [-0.2, -0.15) is 0 Å². The fourth-order valence-corrected chi connectivity index (χ4v) is 2.44. The number of aliphatic hydroxyl groups is 1. The van der Waals surface area contributed by atoms with Gasteiger partial charge in [0.2, 0.25) is 0 Å². The van der Waals surface area contributed by atoms with Crippen molar-refractivity contribution in [2.24, 2.45) is 0 Å². The zero-order valence-corrected chi connectivity index (χ0v) is 17.2. The predicted molar refractivity (Wildman–Crippen MR) is 94.2 cm³/mol. The van der Waals surface area contributed by atoms with Crippen molar-refractivity contribution in [3.05, 3.63) is 65.7 Å². The van der Waals surface area contributed by atoms with Gasteiger partial charge in [0.1, 0.15) is 5.75 Å². The third-order valence-electron chi connectivity index (χ3n) is 3.83. The number of nitrogens with one attached hydrogen (secondary N) is 1. The first-order chi connectivity index (χ1) is 12.1. The topological polar surface area (TPSA) is 81.6 Å². The zero-order chi connectivity index (χ0) is 17.9. The second-order valence-corrected chi connectivity index (χ2v) is 5.85. The summed E-state index contributed by atoms with van der Waals surface area (Å²) in [6.45, 7) is 1.22. The molecule has 26 heavy (non-hydrogen) atoms. The van der Waals surface area contributed by atoms with E-state index in [0.717, 1.165) is 24.2 Å². The molecule has 5 nitrogen and oxygen atoms in total. The molecule has 0 saturated carbocycles. The fourth-order valence-electron chi connectivity index (χ4n) is 2.44. The second kappa shape index (κ2) is 12.9. The Morgan fingerprint density at radius 1 is 1.12 bits per heavy atom. The van der Waals surface area contributed by atoms with Crippen LogP contribution in [0.2, 0.25) is 0 Å². The Bertz CT molecular complexity index is 634. The summed E-state index contributed by atoms with van der Waals surface area (Å²) in [4.78, 5) is 10.3. The van der Waals surface area contributed by atoms with Crippen LogP contribution in [-0.4, -0.2) is 30.8 Å². The van der Waals surface area contributed by atoms with Crippen LogP contribution in [0.15, 0.2) is 54.6 Å². The average Bonchev–Trinajstić information content (AvgIpc) is 2.63. The molecule has 0 amide bonds. The van der Waals surface area contributed by atoms with E-state index >= 15 is 0 Å². The summed E-state index contributed by atoms with van der Waals surface area (Å²) in [7, 11) is 0. The van der Waals surface area contributed by atoms with Gasteiger partial charge in [-0.1, -0.05) is 42.5 Å². The molecule has 0 fully saturated rings. The first-order valence-electron chi connectivity index (χ1n) is 8.50. The molecule has 0 saturated heterocycles. The minimum absolute atomic E-state index is 0. The largest absolute Gasteiger partial charge is 1.00 e. The maximum absolute atomic E-state index is 10.3. The molecule has 0 spiro atoms. The number of ether oxygens (including phenoxy) is 1. The number of carboxylic acids is 1. The van der Waals surface area contributed by atoms with Gasteiger partial charge in [-0.3, -0.25) is 0 Å². The Hall–Kier alpha value is -1.37. The van der Waals surface area contributed by atoms with Crippen LogP contribution in [0, 0.1) is 0 Å². The summed E-state index contributed by atoms with van der Waals surface area (Å²) in [6.07, 6.45) is 1.17. The monoisotopic (exact) mass is 365 g/mol. The van der Waals surface area contributed by atoms with Gasteiger partial charge in [0.25, 0.3) is 0 Å². The summed E-state index contributed by atoms with van der Waals surface area (Å²) in [5, 5.41) is 23.2. The normalized spacial score (nSPS) is 11.4. The van der Waals surface area contributed by atoms with Crippen LogP contribution in [0.4, 0.5) is 0 Å². The van der Waals surface area contributed by atoms with E-state index in [9.17, 15) is 15.0 Å². The van der Waals surface area contributed by atoms with Crippen molar-refractivity contribution in [2.75, 3.05) is 19.7 Å². The number of benzene rings is 2. The minimum Gasteiger partial charge on any atom is -0.550 e. The summed E-state index contributed by atoms with van der Waals surface area (Å²) < 4.78 is 5.72. The van der Waals surface area contributed by atoms with Crippen LogP contribution in [0.5, 0.6) is 5.75 Å². The molecule has 2 rings (SSSR count). The van der Waals surface area contributed by atoms with Gasteiger partial charge in [-0.05, 0) is 42.5 Å². The maximum Gasteiger partial charge on any atom is 1.00 e. The number of aryl methyl sites for hydroxylation is 1. The maximum atomic E-state index is 10.3. The van der Waals surface area contributed by atoms with Gasteiger partial charge in [-0.15, -0.1) is 0 Å². The van der Waals surface area contributed by atoms with E-state index in [2.05, 4.69) is 17.4 Å². The molecule has 1 unspecified atom stereocenters. The molecule has 0 aliphatic rings. The van der Waals surface area contributed by atoms with E-state index in [4.69, 9.17) is 4.74 Å². The molecule has 1 atom stereocenters. The molecule has 2 aromatic rings. The Morgan fingerprint density at radius 3 is 2.46 bits per heavy atom. The van der Waals surface area contributed by atoms with Gasteiger partial charge >= 0.3 is 29.6 Å². The molecule has 0 aliphatic heterocycles. The van der Waals surface area contributed by atoms with E-state index in [-0.39, 0.29) is 42.5 Å². The SMILES string of the molecule is O=C([O-])CCNCC(O)c1ccc(OCCCc2ccccc2)cc1.[Na+]. The first-order valence-corrected chi connectivity index (χ1v) is 8.50. The number of hydrogen-bond donors (Lipinski definition) is 2. The summed E-state index contributed by atoms with van der Waals surface area (Å²) in [5.74, 6) is -0.329. The van der Waals surface area contributed by atoms with Crippen LogP contribution in [0.25, 0.3) is 0 Å². The second-order valence-electron chi connectivity index (χ2n) is 5.85. The smallest absolute Gasteiger partial charge is 0.550 e. The Balaban J connectivity index is 0.00000338. The molecule has 0 aliphatic carbocycles. The zero-order valence-electron chi connectivity index (χ0n) is 15.2. The number of hydrogen-bond acceptors (Lipinski definition) is 5. The molecular formula is C20H24NNaO4. The van der Waals surface area contributed by atoms with Crippen LogP contribution in [0.1, 0.15) is 30.1 Å². The Labute approximate surface area is 176 Å². The number of rotatable bonds is 11. The van der Waals surface area contributed by atoms with Crippen molar-refractivity contribution in [3.63, 3.8) is 0 Å². The standard InChI is InChI=1S/C20H25NO4.Na/c22-19(15-21-13-12-20(23)24)17-8-10-18(11-9-17)25-14-4-7-16-5-2-1-3-6-16;/h1-3,5-6,8-11,19,21-22H,4,7,12-15H2,(H,23,24);/q;+1/p-1. The van der Waals surface area contributed by atoms with Crippen molar-refractivity contribution < 1.29 is 49.3 Å². The van der Waals surface area contributed by atoms with Gasteiger partial charge in [-0.25, -0.2) is 0 Å². The third kappa shape index (κ3) is 8.83. The first kappa shape index (κ1) is 22.7. The average molecular weight is 365 g/mol. The quantitative estimate of drug-likeness (QED) is 0.373. The molecule has 6 heteroatoms. The van der Waals surface area contributed by atoms with Gasteiger partial charge < -0.3 is 25.1 Å². The molecule has 0 heterocycles. The van der Waals surface area contributed by atoms with E-state index < -0.39 is 12.1 Å². The van der Waals surface area contributed by atoms with Crippen LogP contribution in [-0.2, 0) is 11.2 Å². The summed E-state index contributed by atoms with van der Waals surface area (Å²) >= 11 is 0. The Kier molecular flexibility index (Phi) is 11.2. The van der Waals surface area contributed by atoms with Crippen molar-refractivity contribution >= 4 is 5.97 Å². The molecular weight excluding hydrogens is 341 g/mol. The van der Waals surface area contributed by atoms with Crippen LogP contribution < -0.4 is 44.7 Å². The molecule has 2 aromatic carbocycles. The van der Waals surface area contributed by atoms with Crippen molar-refractivity contribution in [1.82, 2.24) is 5.32 Å². The summed E-state index contributed by atoms with van der Waals surface area (Å²) in [6, 6.07) is 17.6. The van der Waals surface area contributed by atoms with Crippen molar-refractivity contribution in [3.8, 4) is 5.75 Å². The van der Waals surface area contributed by atoms with Crippen molar-refractivity contribution in [2.45, 2.75) is 25.4 Å². The van der Waals surface area contributed by atoms with Crippen LogP contribution in [0.3, 0.4) is 0 Å². The van der Waals surface area contributed by atoms with Crippen molar-refractivity contribution in [1.29, 1.82) is 0 Å². The molecule has 0 bridgehead atoms. The number of carboxylic acid groups (broad SMARTS) is 1. The number of aliphatic hydroxyl groups excluding tert-OH is 1. The summed E-state index contributed by atoms with van der Waals surface area (Å²) in [5.41, 5.74) is 2.06. The number of carbonyl (C=O) groups excluding carboxylic acids is 1. The number of aliphatic carboxylic acids is 1.